The van der Waals surface area contributed by atoms with Crippen LogP contribution in [-0.2, 0) is 7.05 Å². The maximum atomic E-state index is 13.3. The average Bonchev–Trinajstić information content (AvgIpc) is 3.33. The van der Waals surface area contributed by atoms with Crippen LogP contribution in [0.1, 0.15) is 5.69 Å². The zero-order chi connectivity index (χ0) is 22.2. The van der Waals surface area contributed by atoms with Gasteiger partial charge >= 0.3 is 0 Å². The zero-order valence-corrected chi connectivity index (χ0v) is 17.1. The number of rotatable bonds is 5. The Bertz CT molecular complexity index is 1470. The van der Waals surface area contributed by atoms with Crippen molar-refractivity contribution in [1.82, 2.24) is 29.6 Å². The molecule has 0 aliphatic heterocycles. The van der Waals surface area contributed by atoms with E-state index in [1.807, 2.05) is 37.3 Å². The Morgan fingerprint density at radius 3 is 2.19 bits per heavy atom. The Balaban J connectivity index is 1.60. The Morgan fingerprint density at radius 1 is 0.906 bits per heavy atom. The van der Waals surface area contributed by atoms with Gasteiger partial charge in [-0.2, -0.15) is 0 Å². The lowest BCUT2D eigenvalue weighted by Crippen LogP contribution is -2.20. The third kappa shape index (κ3) is 3.35. The van der Waals surface area contributed by atoms with Crippen molar-refractivity contribution in [1.29, 1.82) is 0 Å². The van der Waals surface area contributed by atoms with Gasteiger partial charge in [0.25, 0.3) is 5.56 Å². The van der Waals surface area contributed by atoms with Crippen molar-refractivity contribution in [2.24, 2.45) is 7.05 Å². The number of benzene rings is 2. The molecule has 0 unspecified atom stereocenters. The minimum atomic E-state index is -0.363. The highest BCUT2D eigenvalue weighted by molar-refractivity contribution is 5.79. The summed E-state index contributed by atoms with van der Waals surface area (Å²) in [6.07, 6.45) is 0. The van der Waals surface area contributed by atoms with E-state index >= 15 is 0 Å². The summed E-state index contributed by atoms with van der Waals surface area (Å²) in [5.74, 6) is 0.148. The number of hydrogen-bond donors (Lipinski definition) is 2. The highest BCUT2D eigenvalue weighted by Crippen LogP contribution is 2.27. The molecule has 0 fully saturated rings. The van der Waals surface area contributed by atoms with Gasteiger partial charge in [0.05, 0.1) is 11.4 Å². The van der Waals surface area contributed by atoms with E-state index in [0.29, 0.717) is 17.1 Å². The number of anilines is 4. The van der Waals surface area contributed by atoms with Crippen LogP contribution in [0.15, 0.2) is 64.0 Å². The number of nitrogens with zero attached hydrogens (tertiary/aromatic N) is 6. The molecule has 5 aromatic rings. The van der Waals surface area contributed by atoms with E-state index in [4.69, 9.17) is 4.63 Å². The van der Waals surface area contributed by atoms with Gasteiger partial charge < -0.3 is 10.6 Å². The minimum Gasteiger partial charge on any atom is -0.337 e. The molecule has 0 bridgehead atoms. The normalized spacial score (nSPS) is 11.1. The van der Waals surface area contributed by atoms with Gasteiger partial charge in [0.1, 0.15) is 11.5 Å². The van der Waals surface area contributed by atoms with Crippen LogP contribution in [0.2, 0.25) is 0 Å². The minimum absolute atomic E-state index is 0.175. The molecule has 2 N–H and O–H groups in total. The molecule has 0 radical (unpaired) electrons. The van der Waals surface area contributed by atoms with Gasteiger partial charge in [-0.15, -0.1) is 0 Å². The molecular weight excluding hydrogens is 415 g/mol. The van der Waals surface area contributed by atoms with Gasteiger partial charge in [-0.3, -0.25) is 9.48 Å². The molecule has 0 saturated carbocycles. The number of aromatic nitrogens is 6. The maximum absolute atomic E-state index is 13.3. The molecule has 0 aliphatic rings. The van der Waals surface area contributed by atoms with Crippen molar-refractivity contribution in [3.8, 4) is 5.69 Å². The molecule has 5 rings (SSSR count). The molecule has 3 aromatic heterocycles. The first-order valence-electron chi connectivity index (χ1n) is 9.65. The molecule has 160 valence electrons. The van der Waals surface area contributed by atoms with E-state index in [2.05, 4.69) is 30.9 Å². The second-order valence-electron chi connectivity index (χ2n) is 7.03. The summed E-state index contributed by atoms with van der Waals surface area (Å²) in [5, 5.41) is 13.6. The summed E-state index contributed by atoms with van der Waals surface area (Å²) in [6.45, 7) is 1.82. The number of para-hydroxylation sites is 1. The first-order valence-corrected chi connectivity index (χ1v) is 9.65. The van der Waals surface area contributed by atoms with Gasteiger partial charge in [0.15, 0.2) is 11.6 Å². The van der Waals surface area contributed by atoms with E-state index in [1.165, 1.54) is 12.1 Å². The largest absolute Gasteiger partial charge is 0.337 e. The zero-order valence-electron chi connectivity index (χ0n) is 17.1. The predicted molar refractivity (Wildman–Crippen MR) is 116 cm³/mol. The van der Waals surface area contributed by atoms with Crippen molar-refractivity contribution in [3.63, 3.8) is 0 Å². The van der Waals surface area contributed by atoms with Crippen LogP contribution in [-0.4, -0.2) is 29.6 Å². The number of hydrogen-bond acceptors (Lipinski definition) is 8. The fourth-order valence-electron chi connectivity index (χ4n) is 3.31. The van der Waals surface area contributed by atoms with Gasteiger partial charge in [0, 0.05) is 12.7 Å². The molecule has 0 atom stereocenters. The summed E-state index contributed by atoms with van der Waals surface area (Å²) in [4.78, 5) is 22.0. The van der Waals surface area contributed by atoms with Crippen molar-refractivity contribution in [2.75, 3.05) is 10.6 Å². The molecule has 10 nitrogen and oxygen atoms in total. The van der Waals surface area contributed by atoms with Crippen molar-refractivity contribution >= 4 is 34.3 Å². The third-order valence-electron chi connectivity index (χ3n) is 5.02. The molecule has 0 aliphatic carbocycles. The molecule has 11 heteroatoms. The Labute approximate surface area is 180 Å². The van der Waals surface area contributed by atoms with Crippen LogP contribution >= 0.6 is 0 Å². The first-order chi connectivity index (χ1) is 15.5. The van der Waals surface area contributed by atoms with E-state index in [0.717, 1.165) is 5.69 Å². The number of halogens is 1. The summed E-state index contributed by atoms with van der Waals surface area (Å²) in [7, 11) is 1.79. The van der Waals surface area contributed by atoms with E-state index in [9.17, 15) is 9.18 Å². The molecule has 32 heavy (non-hydrogen) atoms. The van der Waals surface area contributed by atoms with Crippen LogP contribution in [0.3, 0.4) is 0 Å². The van der Waals surface area contributed by atoms with E-state index in [-0.39, 0.29) is 34.3 Å². The molecular formula is C21H17FN8O2. The van der Waals surface area contributed by atoms with Gasteiger partial charge in [-0.05, 0) is 53.6 Å². The van der Waals surface area contributed by atoms with Gasteiger partial charge in [-0.1, -0.05) is 18.2 Å². The summed E-state index contributed by atoms with van der Waals surface area (Å²) in [5.41, 5.74) is 2.41. The monoisotopic (exact) mass is 432 g/mol. The smallest absolute Gasteiger partial charge is 0.295 e. The second kappa shape index (κ2) is 7.61. The fraction of sp³-hybridized carbons (Fsp3) is 0.0952. The Kier molecular flexibility index (Phi) is 4.62. The van der Waals surface area contributed by atoms with Crippen LogP contribution in [0, 0.1) is 12.7 Å². The summed E-state index contributed by atoms with van der Waals surface area (Å²) in [6, 6.07) is 15.0. The Morgan fingerprint density at radius 2 is 1.53 bits per heavy atom. The van der Waals surface area contributed by atoms with E-state index in [1.54, 1.807) is 28.5 Å². The molecule has 0 saturated heterocycles. The first kappa shape index (κ1) is 19.4. The SMILES string of the molecule is Cc1c(Nc2nc3nonc3nc2Nc2ccc(F)cc2)c(=O)n(-c2ccccc2)n1C. The summed E-state index contributed by atoms with van der Waals surface area (Å²) < 4.78 is 21.3. The topological polar surface area (TPSA) is 116 Å². The van der Waals surface area contributed by atoms with Crippen LogP contribution < -0.4 is 16.2 Å². The van der Waals surface area contributed by atoms with Gasteiger partial charge in [-0.25, -0.2) is 23.7 Å². The number of nitrogens with one attached hydrogen (secondary N) is 2. The van der Waals surface area contributed by atoms with Crippen LogP contribution in [0.5, 0.6) is 0 Å². The quantitative estimate of drug-likeness (QED) is 0.434. The van der Waals surface area contributed by atoms with Crippen molar-refractivity contribution in [2.45, 2.75) is 6.92 Å². The molecule has 0 spiro atoms. The predicted octanol–water partition coefficient (Wildman–Crippen LogP) is 3.44. The molecule has 3 heterocycles. The fourth-order valence-corrected chi connectivity index (χ4v) is 3.31. The Hall–Kier alpha value is -4.54. The molecule has 2 aromatic carbocycles. The third-order valence-corrected chi connectivity index (χ3v) is 5.02. The maximum Gasteiger partial charge on any atom is 0.295 e. The van der Waals surface area contributed by atoms with Crippen molar-refractivity contribution < 1.29 is 9.02 Å². The second-order valence-corrected chi connectivity index (χ2v) is 7.03. The lowest BCUT2D eigenvalue weighted by atomic mass is 10.3. The lowest BCUT2D eigenvalue weighted by Gasteiger charge is -2.11. The lowest BCUT2D eigenvalue weighted by molar-refractivity contribution is 0.314. The van der Waals surface area contributed by atoms with Crippen LogP contribution in [0.4, 0.5) is 27.4 Å². The standard InChI is InChI=1S/C21H17FN8O2/c1-12-16(21(31)30(29(12)2)15-6-4-3-5-7-15)24-18-17(23-14-10-8-13(22)9-11-14)25-19-20(26-18)28-32-27-19/h3-11H,1-2H3,(H,23,25,27)(H,24,26,28). The summed E-state index contributed by atoms with van der Waals surface area (Å²) >= 11 is 0. The highest BCUT2D eigenvalue weighted by Gasteiger charge is 2.20. The van der Waals surface area contributed by atoms with Crippen molar-refractivity contribution in [3.05, 3.63) is 76.5 Å². The van der Waals surface area contributed by atoms with Gasteiger partial charge in [0.2, 0.25) is 11.3 Å². The average molecular weight is 432 g/mol. The number of fused-ring (bicyclic) bond motifs is 1. The van der Waals surface area contributed by atoms with Crippen LogP contribution in [0.25, 0.3) is 17.0 Å². The van der Waals surface area contributed by atoms with E-state index < -0.39 is 0 Å². The molecule has 0 amide bonds. The highest BCUT2D eigenvalue weighted by atomic mass is 19.1.